The average Bonchev–Trinajstić information content (AvgIpc) is 3.41. The van der Waals surface area contributed by atoms with E-state index in [1.54, 1.807) is 45.6 Å². The van der Waals surface area contributed by atoms with Gasteiger partial charge in [-0.1, -0.05) is 11.2 Å². The molecular weight excluding hydrogens is 453 g/mol. The summed E-state index contributed by atoms with van der Waals surface area (Å²) < 4.78 is 27.7. The van der Waals surface area contributed by atoms with E-state index in [1.165, 1.54) is 13.8 Å². The number of pyridine rings is 1. The molecule has 0 N–H and O–H groups in total. The molecule has 0 radical (unpaired) electrons. The second kappa shape index (κ2) is 9.79. The van der Waals surface area contributed by atoms with Crippen LogP contribution >= 0.6 is 0 Å². The highest BCUT2D eigenvalue weighted by molar-refractivity contribution is 5.57. The van der Waals surface area contributed by atoms with Crippen LogP contribution in [0.4, 0.5) is 4.39 Å². The fourth-order valence-corrected chi connectivity index (χ4v) is 3.37. The van der Waals surface area contributed by atoms with Gasteiger partial charge in [-0.3, -0.25) is 4.79 Å². The minimum atomic E-state index is -1.77. The van der Waals surface area contributed by atoms with E-state index in [4.69, 9.17) is 9.26 Å². The van der Waals surface area contributed by atoms with Crippen LogP contribution < -0.4 is 10.3 Å². The lowest BCUT2D eigenvalue weighted by molar-refractivity contribution is -0.0256. The van der Waals surface area contributed by atoms with Crippen LogP contribution in [-0.4, -0.2) is 60.9 Å². The quantitative estimate of drug-likeness (QED) is 0.359. The first kappa shape index (κ1) is 24.3. The predicted octanol–water partition coefficient (Wildman–Crippen LogP) is 3.16. The van der Waals surface area contributed by atoms with Gasteiger partial charge in [0.2, 0.25) is 17.5 Å². The Morgan fingerprint density at radius 1 is 1.09 bits per heavy atom. The van der Waals surface area contributed by atoms with Gasteiger partial charge in [-0.2, -0.15) is 9.37 Å². The molecule has 0 unspecified atom stereocenters. The van der Waals surface area contributed by atoms with Crippen molar-refractivity contribution in [3.8, 4) is 28.9 Å². The van der Waals surface area contributed by atoms with Crippen molar-refractivity contribution in [2.24, 2.45) is 0 Å². The molecule has 35 heavy (non-hydrogen) atoms. The zero-order chi connectivity index (χ0) is 25.2. The Hall–Kier alpha value is -3.86. The van der Waals surface area contributed by atoms with Gasteiger partial charge in [0.25, 0.3) is 11.4 Å². The number of benzene rings is 1. The van der Waals surface area contributed by atoms with Crippen molar-refractivity contribution >= 4 is 0 Å². The number of halogens is 1. The first-order valence-corrected chi connectivity index (χ1v) is 11.2. The third kappa shape index (κ3) is 6.18. The summed E-state index contributed by atoms with van der Waals surface area (Å²) in [7, 11) is 3.93. The lowest BCUT2D eigenvalue weighted by atomic mass is 10.2. The summed E-state index contributed by atoms with van der Waals surface area (Å²) in [5.74, 6) is 0.139. The van der Waals surface area contributed by atoms with Crippen LogP contribution in [0.25, 0.3) is 23.1 Å². The Morgan fingerprint density at radius 2 is 1.83 bits per heavy atom. The molecule has 4 rings (SSSR count). The topological polar surface area (TPSA) is 104 Å². The van der Waals surface area contributed by atoms with Crippen LogP contribution in [0.1, 0.15) is 25.2 Å². The Morgan fingerprint density at radius 3 is 2.51 bits per heavy atom. The smallest absolute Gasteiger partial charge is 0.297 e. The molecule has 0 saturated carbocycles. The molecule has 0 aliphatic heterocycles. The summed E-state index contributed by atoms with van der Waals surface area (Å²) in [5, 5.41) is 8.53. The van der Waals surface area contributed by atoms with Gasteiger partial charge in [-0.25, -0.2) is 9.67 Å². The van der Waals surface area contributed by atoms with Gasteiger partial charge in [-0.05, 0) is 50.8 Å². The first-order valence-electron chi connectivity index (χ1n) is 11.2. The number of likely N-dealkylation sites (N-methyl/N-ethyl adjacent to an activating group) is 1. The van der Waals surface area contributed by atoms with Gasteiger partial charge in [0, 0.05) is 44.8 Å². The first-order chi connectivity index (χ1) is 16.6. The zero-order valence-electron chi connectivity index (χ0n) is 20.4. The molecular formula is C24H28FN7O3. The number of hydrogen-bond acceptors (Lipinski definition) is 8. The van der Waals surface area contributed by atoms with Crippen molar-refractivity contribution in [1.29, 1.82) is 0 Å². The molecule has 0 spiro atoms. The maximum absolute atomic E-state index is 13.7. The Balaban J connectivity index is 1.50. The largest absolute Gasteiger partial charge is 0.459 e. The molecule has 0 aliphatic carbocycles. The molecule has 0 atom stereocenters. The standard InChI is InChI=1S/C24H28FN7O3/c1-16-26-22(28-32(16)15-17-6-11-20(33)31(14-17)13-12-30(4)5)23-27-21(29-35-23)18-7-9-19(10-8-18)34-24(2,3)25/h6-11,14H,12-13,15H2,1-5H3. The minimum Gasteiger partial charge on any atom is -0.459 e. The van der Waals surface area contributed by atoms with Gasteiger partial charge < -0.3 is 18.7 Å². The zero-order valence-corrected chi connectivity index (χ0v) is 20.4. The van der Waals surface area contributed by atoms with Gasteiger partial charge in [0.05, 0.1) is 6.54 Å². The highest BCUT2D eigenvalue weighted by Crippen LogP contribution is 2.25. The van der Waals surface area contributed by atoms with E-state index in [1.807, 2.05) is 32.1 Å². The van der Waals surface area contributed by atoms with Crippen LogP contribution in [0.5, 0.6) is 5.75 Å². The van der Waals surface area contributed by atoms with Crippen molar-refractivity contribution in [1.82, 2.24) is 34.4 Å². The fraction of sp³-hybridized carbons (Fsp3) is 0.375. The number of ether oxygens (including phenoxy) is 1. The number of rotatable bonds is 9. The van der Waals surface area contributed by atoms with Crippen LogP contribution in [0.3, 0.4) is 0 Å². The monoisotopic (exact) mass is 481 g/mol. The van der Waals surface area contributed by atoms with E-state index in [0.717, 1.165) is 12.1 Å². The molecule has 1 aromatic carbocycles. The molecule has 0 bridgehead atoms. The van der Waals surface area contributed by atoms with Crippen molar-refractivity contribution in [3.05, 3.63) is 64.3 Å². The summed E-state index contributed by atoms with van der Waals surface area (Å²) >= 11 is 0. The van der Waals surface area contributed by atoms with Gasteiger partial charge in [0.1, 0.15) is 11.6 Å². The van der Waals surface area contributed by atoms with Crippen molar-refractivity contribution < 1.29 is 13.7 Å². The average molecular weight is 482 g/mol. The number of aryl methyl sites for hydroxylation is 1. The summed E-state index contributed by atoms with van der Waals surface area (Å²) in [6.07, 6.45) is 1.84. The highest BCUT2D eigenvalue weighted by atomic mass is 19.2. The third-order valence-corrected chi connectivity index (χ3v) is 5.11. The van der Waals surface area contributed by atoms with E-state index in [0.29, 0.717) is 41.9 Å². The normalized spacial score (nSPS) is 11.9. The Bertz CT molecular complexity index is 1350. The molecule has 11 heteroatoms. The van der Waals surface area contributed by atoms with E-state index >= 15 is 0 Å². The number of alkyl halides is 1. The molecule has 10 nitrogen and oxygen atoms in total. The van der Waals surface area contributed by atoms with Crippen molar-refractivity contribution in [3.63, 3.8) is 0 Å². The molecule has 0 aliphatic rings. The van der Waals surface area contributed by atoms with Crippen LogP contribution in [0.15, 0.2) is 51.9 Å². The van der Waals surface area contributed by atoms with E-state index < -0.39 is 5.85 Å². The summed E-state index contributed by atoms with van der Waals surface area (Å²) in [6, 6.07) is 10.1. The SMILES string of the molecule is Cc1nc(-c2nc(-c3ccc(OC(C)(C)F)cc3)no2)nn1Cc1ccc(=O)n(CCN(C)C)c1. The second-order valence-corrected chi connectivity index (χ2v) is 8.93. The van der Waals surface area contributed by atoms with E-state index in [-0.39, 0.29) is 11.4 Å². The van der Waals surface area contributed by atoms with E-state index in [2.05, 4.69) is 20.2 Å². The molecule has 4 aromatic rings. The number of nitrogens with zero attached hydrogens (tertiary/aromatic N) is 7. The number of aromatic nitrogens is 6. The third-order valence-electron chi connectivity index (χ3n) is 5.11. The molecule has 0 saturated heterocycles. The summed E-state index contributed by atoms with van der Waals surface area (Å²) in [5.41, 5.74) is 1.56. The lowest BCUT2D eigenvalue weighted by Crippen LogP contribution is -2.26. The molecule has 184 valence electrons. The van der Waals surface area contributed by atoms with Gasteiger partial charge >= 0.3 is 0 Å². The summed E-state index contributed by atoms with van der Waals surface area (Å²) in [4.78, 5) is 23.0. The van der Waals surface area contributed by atoms with Crippen molar-refractivity contribution in [2.75, 3.05) is 20.6 Å². The Labute approximate surface area is 202 Å². The minimum absolute atomic E-state index is 0.0435. The van der Waals surface area contributed by atoms with Gasteiger partial charge in [0.15, 0.2) is 0 Å². The highest BCUT2D eigenvalue weighted by Gasteiger charge is 2.19. The second-order valence-electron chi connectivity index (χ2n) is 8.93. The maximum atomic E-state index is 13.7. The lowest BCUT2D eigenvalue weighted by Gasteiger charge is -2.16. The van der Waals surface area contributed by atoms with Crippen LogP contribution in [-0.2, 0) is 13.1 Å². The van der Waals surface area contributed by atoms with Crippen LogP contribution in [0, 0.1) is 6.92 Å². The number of hydrogen-bond donors (Lipinski definition) is 0. The summed E-state index contributed by atoms with van der Waals surface area (Å²) in [6.45, 7) is 6.31. The molecule has 0 fully saturated rings. The Kier molecular flexibility index (Phi) is 6.79. The van der Waals surface area contributed by atoms with Crippen LogP contribution in [0.2, 0.25) is 0 Å². The molecule has 3 aromatic heterocycles. The van der Waals surface area contributed by atoms with E-state index in [9.17, 15) is 9.18 Å². The van der Waals surface area contributed by atoms with Gasteiger partial charge in [-0.15, -0.1) is 5.10 Å². The molecule has 0 amide bonds. The van der Waals surface area contributed by atoms with Crippen molar-refractivity contribution in [2.45, 2.75) is 39.7 Å². The fourth-order valence-electron chi connectivity index (χ4n) is 3.37. The molecule has 3 heterocycles. The maximum Gasteiger partial charge on any atom is 0.297 e. The predicted molar refractivity (Wildman–Crippen MR) is 128 cm³/mol.